The molecule has 0 spiro atoms. The van der Waals surface area contributed by atoms with Crippen molar-refractivity contribution in [3.63, 3.8) is 0 Å². The van der Waals surface area contributed by atoms with Crippen molar-refractivity contribution in [3.05, 3.63) is 0 Å². The number of amides is 1. The first-order chi connectivity index (χ1) is 8.26. The van der Waals surface area contributed by atoms with E-state index >= 15 is 0 Å². The van der Waals surface area contributed by atoms with Gasteiger partial charge in [-0.15, -0.1) is 0 Å². The molecule has 1 amide bonds. The summed E-state index contributed by atoms with van der Waals surface area (Å²) in [5.74, 6) is 0.743. The first-order valence-electron chi connectivity index (χ1n) is 6.57. The highest BCUT2D eigenvalue weighted by molar-refractivity contribution is 5.85. The predicted molar refractivity (Wildman–Crippen MR) is 70.1 cm³/mol. The van der Waals surface area contributed by atoms with Crippen molar-refractivity contribution in [2.24, 2.45) is 4.99 Å². The zero-order valence-electron chi connectivity index (χ0n) is 10.9. The largest absolute Gasteiger partial charge is 0.357 e. The number of unbranched alkanes of at least 4 members (excludes halogenated alkanes) is 1. The molecule has 0 aromatic carbocycles. The Bertz CT molecular complexity index is 261. The van der Waals surface area contributed by atoms with Crippen molar-refractivity contribution in [3.8, 4) is 0 Å². The predicted octanol–water partition coefficient (Wildman–Crippen LogP) is 0.620. The quantitative estimate of drug-likeness (QED) is 0.347. The monoisotopic (exact) mass is 240 g/mol. The molecule has 1 saturated carbocycles. The highest BCUT2D eigenvalue weighted by atomic mass is 16.2. The van der Waals surface area contributed by atoms with E-state index < -0.39 is 0 Å². The van der Waals surface area contributed by atoms with Crippen LogP contribution in [0.2, 0.25) is 0 Å². The summed E-state index contributed by atoms with van der Waals surface area (Å²) in [6.45, 7) is 6.07. The Morgan fingerprint density at radius 1 is 1.29 bits per heavy atom. The molecule has 0 unspecified atom stereocenters. The van der Waals surface area contributed by atoms with Crippen LogP contribution in [0.15, 0.2) is 4.99 Å². The van der Waals surface area contributed by atoms with E-state index in [9.17, 15) is 4.79 Å². The Morgan fingerprint density at radius 2 is 2.06 bits per heavy atom. The first-order valence-corrected chi connectivity index (χ1v) is 6.57. The summed E-state index contributed by atoms with van der Waals surface area (Å²) in [5.41, 5.74) is 0. The van der Waals surface area contributed by atoms with Crippen LogP contribution >= 0.6 is 0 Å². The number of nitrogens with zero attached hydrogens (tertiary/aromatic N) is 1. The molecular weight excluding hydrogens is 216 g/mol. The van der Waals surface area contributed by atoms with E-state index in [-0.39, 0.29) is 12.5 Å². The lowest BCUT2D eigenvalue weighted by molar-refractivity contribution is -0.119. The molecule has 0 saturated heterocycles. The molecule has 1 rings (SSSR count). The van der Waals surface area contributed by atoms with E-state index in [2.05, 4.69) is 27.9 Å². The molecule has 98 valence electrons. The second-order valence-electron chi connectivity index (χ2n) is 4.32. The molecule has 0 aromatic rings. The van der Waals surface area contributed by atoms with Gasteiger partial charge in [0.05, 0.1) is 0 Å². The van der Waals surface area contributed by atoms with Crippen molar-refractivity contribution in [1.82, 2.24) is 16.0 Å². The normalized spacial score (nSPS) is 15.5. The zero-order valence-corrected chi connectivity index (χ0v) is 10.9. The first kappa shape index (κ1) is 13.8. The molecule has 1 fully saturated rings. The van der Waals surface area contributed by atoms with E-state index in [0.717, 1.165) is 44.7 Å². The maximum atomic E-state index is 11.5. The Labute approximate surface area is 103 Å². The van der Waals surface area contributed by atoms with Crippen molar-refractivity contribution in [2.75, 3.05) is 19.6 Å². The third-order valence-electron chi connectivity index (χ3n) is 2.49. The third-order valence-corrected chi connectivity index (χ3v) is 2.49. The average Bonchev–Trinajstić information content (AvgIpc) is 3.10. The second-order valence-corrected chi connectivity index (χ2v) is 4.32. The molecule has 3 N–H and O–H groups in total. The van der Waals surface area contributed by atoms with Crippen molar-refractivity contribution >= 4 is 11.9 Å². The van der Waals surface area contributed by atoms with Gasteiger partial charge in [0.2, 0.25) is 5.91 Å². The van der Waals surface area contributed by atoms with Crippen LogP contribution in [0.3, 0.4) is 0 Å². The minimum absolute atomic E-state index is 0.0141. The van der Waals surface area contributed by atoms with E-state index in [0.29, 0.717) is 6.04 Å². The van der Waals surface area contributed by atoms with Gasteiger partial charge in [-0.2, -0.15) is 0 Å². The van der Waals surface area contributed by atoms with Gasteiger partial charge in [-0.1, -0.05) is 13.3 Å². The number of carbonyl (C=O) groups is 1. The molecule has 0 aliphatic heterocycles. The van der Waals surface area contributed by atoms with Gasteiger partial charge in [0.1, 0.15) is 6.54 Å². The number of hydrogen-bond acceptors (Lipinski definition) is 2. The zero-order chi connectivity index (χ0) is 12.5. The molecule has 0 bridgehead atoms. The van der Waals surface area contributed by atoms with Crippen LogP contribution < -0.4 is 16.0 Å². The maximum absolute atomic E-state index is 11.5. The summed E-state index contributed by atoms with van der Waals surface area (Å²) in [6, 6.07) is 0.410. The van der Waals surface area contributed by atoms with Crippen molar-refractivity contribution < 1.29 is 4.79 Å². The lowest BCUT2D eigenvalue weighted by atomic mass is 10.3. The van der Waals surface area contributed by atoms with E-state index in [1.807, 2.05) is 6.92 Å². The molecule has 5 nitrogen and oxygen atoms in total. The van der Waals surface area contributed by atoms with E-state index in [4.69, 9.17) is 0 Å². The fraction of sp³-hybridized carbons (Fsp3) is 0.833. The van der Waals surface area contributed by atoms with Gasteiger partial charge < -0.3 is 16.0 Å². The highest BCUT2D eigenvalue weighted by Gasteiger charge is 2.22. The van der Waals surface area contributed by atoms with Gasteiger partial charge in [-0.25, -0.2) is 4.99 Å². The number of carbonyl (C=O) groups excluding carboxylic acids is 1. The molecule has 0 radical (unpaired) electrons. The summed E-state index contributed by atoms with van der Waals surface area (Å²) in [5, 5.41) is 9.25. The molecule has 0 heterocycles. The van der Waals surface area contributed by atoms with Crippen molar-refractivity contribution in [2.45, 2.75) is 45.6 Å². The van der Waals surface area contributed by atoms with Crippen LogP contribution in [0.1, 0.15) is 39.5 Å². The molecule has 0 aromatic heterocycles. The number of nitrogens with one attached hydrogen (secondary N) is 3. The number of guanidine groups is 1. The van der Waals surface area contributed by atoms with Crippen LogP contribution in [-0.4, -0.2) is 37.5 Å². The standard InChI is InChI=1S/C12H24N4O/c1-3-5-8-14-12(13-4-2)15-9-11(17)16-10-6-7-10/h10H,3-9H2,1-2H3,(H,16,17)(H2,13,14,15). The van der Waals surface area contributed by atoms with Gasteiger partial charge in [-0.05, 0) is 26.2 Å². The molecule has 0 atom stereocenters. The lowest BCUT2D eigenvalue weighted by Gasteiger charge is -2.10. The van der Waals surface area contributed by atoms with E-state index in [1.54, 1.807) is 0 Å². The summed E-state index contributed by atoms with van der Waals surface area (Å²) < 4.78 is 0. The van der Waals surface area contributed by atoms with E-state index in [1.165, 1.54) is 0 Å². The topological polar surface area (TPSA) is 65.5 Å². The maximum Gasteiger partial charge on any atom is 0.242 e. The average molecular weight is 240 g/mol. The molecule has 17 heavy (non-hydrogen) atoms. The molecule has 1 aliphatic carbocycles. The van der Waals surface area contributed by atoms with Gasteiger partial charge >= 0.3 is 0 Å². The summed E-state index contributed by atoms with van der Waals surface area (Å²) in [6.07, 6.45) is 4.49. The fourth-order valence-corrected chi connectivity index (χ4v) is 1.38. The highest BCUT2D eigenvalue weighted by Crippen LogP contribution is 2.18. The fourth-order valence-electron chi connectivity index (χ4n) is 1.38. The van der Waals surface area contributed by atoms with Crippen molar-refractivity contribution in [1.29, 1.82) is 0 Å². The number of aliphatic imine (C=N–C) groups is 1. The summed E-state index contributed by atoms with van der Waals surface area (Å²) in [7, 11) is 0. The number of hydrogen-bond donors (Lipinski definition) is 3. The van der Waals surface area contributed by atoms with Crippen LogP contribution in [0.4, 0.5) is 0 Å². The second kappa shape index (κ2) is 7.92. The molecule has 5 heteroatoms. The minimum Gasteiger partial charge on any atom is -0.357 e. The lowest BCUT2D eigenvalue weighted by Crippen LogP contribution is -2.39. The van der Waals surface area contributed by atoms with Crippen LogP contribution in [0.25, 0.3) is 0 Å². The Balaban J connectivity index is 2.24. The Morgan fingerprint density at radius 3 is 2.65 bits per heavy atom. The Hall–Kier alpha value is -1.26. The SMILES string of the molecule is CCCCNC(=NCC(=O)NC1CC1)NCC. The van der Waals surface area contributed by atoms with Gasteiger partial charge in [0, 0.05) is 19.1 Å². The molecule has 1 aliphatic rings. The summed E-state index contributed by atoms with van der Waals surface area (Å²) in [4.78, 5) is 15.7. The molecular formula is C12H24N4O. The minimum atomic E-state index is 0.0141. The van der Waals surface area contributed by atoms with Gasteiger partial charge in [-0.3, -0.25) is 4.79 Å². The van der Waals surface area contributed by atoms with Gasteiger partial charge in [0.25, 0.3) is 0 Å². The van der Waals surface area contributed by atoms with Crippen LogP contribution in [-0.2, 0) is 4.79 Å². The van der Waals surface area contributed by atoms with Gasteiger partial charge in [0.15, 0.2) is 5.96 Å². The smallest absolute Gasteiger partial charge is 0.242 e. The van der Waals surface area contributed by atoms with Crippen LogP contribution in [0, 0.1) is 0 Å². The Kier molecular flexibility index (Phi) is 6.43. The third kappa shape index (κ3) is 6.81. The number of rotatable bonds is 7. The summed E-state index contributed by atoms with van der Waals surface area (Å²) >= 11 is 0. The van der Waals surface area contributed by atoms with Crippen LogP contribution in [0.5, 0.6) is 0 Å².